The van der Waals surface area contributed by atoms with E-state index >= 15 is 0 Å². The molecule has 0 aliphatic rings. The number of tetrazole rings is 1. The molecule has 0 fully saturated rings. The Morgan fingerprint density at radius 3 is 2.38 bits per heavy atom. The summed E-state index contributed by atoms with van der Waals surface area (Å²) >= 11 is 1.23. The molecule has 0 bridgehead atoms. The van der Waals surface area contributed by atoms with Gasteiger partial charge in [0.1, 0.15) is 12.3 Å². The third kappa shape index (κ3) is 5.81. The number of ether oxygens (including phenoxy) is 2. The average Bonchev–Trinajstić information content (AvgIpc) is 3.49. The predicted octanol–water partition coefficient (Wildman–Crippen LogP) is 3.22. The Morgan fingerprint density at radius 1 is 1.03 bits per heavy atom. The van der Waals surface area contributed by atoms with E-state index in [9.17, 15) is 9.59 Å². The molecule has 2 aromatic carbocycles. The lowest BCUT2D eigenvalue weighted by atomic mass is 10.0. The van der Waals surface area contributed by atoms with Crippen LogP contribution in [0.1, 0.15) is 12.6 Å². The van der Waals surface area contributed by atoms with Crippen molar-refractivity contribution in [1.29, 1.82) is 0 Å². The fraction of sp³-hybridized carbons (Fsp3) is 0.217. The van der Waals surface area contributed by atoms with Crippen LogP contribution in [0.2, 0.25) is 0 Å². The molecule has 1 amide bonds. The van der Waals surface area contributed by atoms with Crippen molar-refractivity contribution in [2.75, 3.05) is 19.0 Å². The maximum Gasteiger partial charge on any atom is 0.311 e. The van der Waals surface area contributed by atoms with E-state index in [0.29, 0.717) is 23.3 Å². The van der Waals surface area contributed by atoms with Crippen molar-refractivity contribution in [2.45, 2.75) is 19.9 Å². The number of thiazole rings is 1. The molecule has 0 saturated heterocycles. The van der Waals surface area contributed by atoms with E-state index in [1.54, 1.807) is 19.4 Å². The molecule has 0 spiro atoms. The summed E-state index contributed by atoms with van der Waals surface area (Å²) in [5.74, 6) is 0.509. The normalized spacial score (nSPS) is 10.6. The first kappa shape index (κ1) is 23.1. The van der Waals surface area contributed by atoms with Gasteiger partial charge in [-0.05, 0) is 35.4 Å². The van der Waals surface area contributed by atoms with E-state index in [0.717, 1.165) is 22.4 Å². The van der Waals surface area contributed by atoms with Crippen molar-refractivity contribution in [3.8, 4) is 28.3 Å². The number of aromatic nitrogens is 5. The van der Waals surface area contributed by atoms with Crippen LogP contribution in [-0.2, 0) is 27.3 Å². The number of nitrogens with zero attached hydrogens (tertiary/aromatic N) is 5. The van der Waals surface area contributed by atoms with Crippen LogP contribution in [0.5, 0.6) is 5.75 Å². The Balaban J connectivity index is 1.34. The number of carbonyl (C=O) groups excluding carboxylic acids is 2. The molecule has 1 N–H and O–H groups in total. The Hall–Kier alpha value is -4.12. The molecule has 0 unspecified atom stereocenters. The summed E-state index contributed by atoms with van der Waals surface area (Å²) in [6.07, 6.45) is 0.0610. The summed E-state index contributed by atoms with van der Waals surface area (Å²) in [4.78, 5) is 29.3. The minimum atomic E-state index is -0.359. The summed E-state index contributed by atoms with van der Waals surface area (Å²) in [6.45, 7) is 1.93. The van der Waals surface area contributed by atoms with E-state index in [1.807, 2.05) is 48.5 Å². The lowest BCUT2D eigenvalue weighted by molar-refractivity contribution is -0.142. The van der Waals surface area contributed by atoms with Crippen molar-refractivity contribution in [1.82, 2.24) is 25.2 Å². The van der Waals surface area contributed by atoms with Gasteiger partial charge in [-0.25, -0.2) is 4.98 Å². The van der Waals surface area contributed by atoms with Gasteiger partial charge in [0.25, 0.3) is 0 Å². The van der Waals surface area contributed by atoms with Gasteiger partial charge >= 0.3 is 5.97 Å². The number of methoxy groups -OCH3 is 1. The predicted molar refractivity (Wildman–Crippen MR) is 126 cm³/mol. The molecular formula is C23H22N6O4S. The lowest BCUT2D eigenvalue weighted by Gasteiger charge is -2.04. The summed E-state index contributed by atoms with van der Waals surface area (Å²) in [7, 11) is 1.64. The first-order valence-corrected chi connectivity index (χ1v) is 11.3. The SMILES string of the molecule is CCOC(=O)Cc1csc(NC(=O)Cn2nnc(-c3ccc(-c4ccc(OC)cc4)cc3)n2)n1. The molecule has 0 saturated carbocycles. The number of hydrogen-bond donors (Lipinski definition) is 1. The highest BCUT2D eigenvalue weighted by molar-refractivity contribution is 7.13. The number of esters is 1. The molecule has 2 heterocycles. The molecule has 174 valence electrons. The third-order valence-corrected chi connectivity index (χ3v) is 5.54. The molecule has 0 aliphatic carbocycles. The number of amides is 1. The molecule has 2 aromatic heterocycles. The van der Waals surface area contributed by atoms with Gasteiger partial charge in [-0.2, -0.15) is 4.80 Å². The van der Waals surface area contributed by atoms with Gasteiger partial charge < -0.3 is 14.8 Å². The number of anilines is 1. The van der Waals surface area contributed by atoms with E-state index in [2.05, 4.69) is 25.7 Å². The molecule has 34 heavy (non-hydrogen) atoms. The maximum absolute atomic E-state index is 12.3. The van der Waals surface area contributed by atoms with Gasteiger partial charge in [0.15, 0.2) is 5.13 Å². The molecule has 0 aliphatic heterocycles. The zero-order valence-electron chi connectivity index (χ0n) is 18.6. The minimum absolute atomic E-state index is 0.0610. The summed E-state index contributed by atoms with van der Waals surface area (Å²) in [6, 6.07) is 15.6. The summed E-state index contributed by atoms with van der Waals surface area (Å²) in [5, 5.41) is 17.1. The van der Waals surface area contributed by atoms with E-state index in [-0.39, 0.29) is 24.8 Å². The monoisotopic (exact) mass is 478 g/mol. The largest absolute Gasteiger partial charge is 0.497 e. The Kier molecular flexibility index (Phi) is 7.23. The van der Waals surface area contributed by atoms with E-state index in [1.165, 1.54) is 16.1 Å². The number of rotatable bonds is 9. The summed E-state index contributed by atoms with van der Waals surface area (Å²) in [5.41, 5.74) is 3.43. The zero-order chi connectivity index (χ0) is 23.9. The Bertz CT molecular complexity index is 1270. The Labute approximate surface area is 199 Å². The van der Waals surface area contributed by atoms with Gasteiger partial charge in [0.05, 0.1) is 25.8 Å². The van der Waals surface area contributed by atoms with E-state index < -0.39 is 0 Å². The highest BCUT2D eigenvalue weighted by atomic mass is 32.1. The second-order valence-corrected chi connectivity index (χ2v) is 7.98. The molecule has 11 heteroatoms. The van der Waals surface area contributed by atoms with Crippen molar-refractivity contribution in [2.24, 2.45) is 0 Å². The molecule has 0 atom stereocenters. The van der Waals surface area contributed by atoms with Crippen LogP contribution < -0.4 is 10.1 Å². The second kappa shape index (κ2) is 10.7. The number of carbonyl (C=O) groups is 2. The smallest absolute Gasteiger partial charge is 0.311 e. The molecule has 0 radical (unpaired) electrons. The van der Waals surface area contributed by atoms with Gasteiger partial charge in [0.2, 0.25) is 11.7 Å². The van der Waals surface area contributed by atoms with Crippen molar-refractivity contribution >= 4 is 28.3 Å². The maximum atomic E-state index is 12.3. The topological polar surface area (TPSA) is 121 Å². The summed E-state index contributed by atoms with van der Waals surface area (Å²) < 4.78 is 10.1. The third-order valence-electron chi connectivity index (χ3n) is 4.73. The van der Waals surface area contributed by atoms with Crippen LogP contribution in [0, 0.1) is 0 Å². The second-order valence-electron chi connectivity index (χ2n) is 7.12. The number of nitrogens with one attached hydrogen (secondary N) is 1. The van der Waals surface area contributed by atoms with Crippen LogP contribution in [0.15, 0.2) is 53.9 Å². The number of hydrogen-bond acceptors (Lipinski definition) is 9. The van der Waals surface area contributed by atoms with Crippen LogP contribution in [0.3, 0.4) is 0 Å². The van der Waals surface area contributed by atoms with Gasteiger partial charge in [0, 0.05) is 10.9 Å². The number of benzene rings is 2. The zero-order valence-corrected chi connectivity index (χ0v) is 19.4. The highest BCUT2D eigenvalue weighted by Crippen LogP contribution is 2.24. The van der Waals surface area contributed by atoms with Crippen molar-refractivity contribution < 1.29 is 19.1 Å². The lowest BCUT2D eigenvalue weighted by Crippen LogP contribution is -2.20. The molecule has 4 aromatic rings. The van der Waals surface area contributed by atoms with Crippen LogP contribution in [0.25, 0.3) is 22.5 Å². The van der Waals surface area contributed by atoms with Gasteiger partial charge in [-0.3, -0.25) is 9.59 Å². The molecule has 10 nitrogen and oxygen atoms in total. The standard InChI is InChI=1S/C23H22N6O4S/c1-3-33-21(31)12-18-14-34-23(24-18)25-20(30)13-29-27-22(26-28-29)17-6-4-15(5-7-17)16-8-10-19(32-2)11-9-16/h4-11,14H,3,12-13H2,1-2H3,(H,24,25,30). The van der Waals surface area contributed by atoms with Crippen LogP contribution in [-0.4, -0.2) is 50.8 Å². The van der Waals surface area contributed by atoms with Crippen LogP contribution >= 0.6 is 11.3 Å². The fourth-order valence-electron chi connectivity index (χ4n) is 3.11. The minimum Gasteiger partial charge on any atom is -0.497 e. The first-order chi connectivity index (χ1) is 16.5. The van der Waals surface area contributed by atoms with Crippen LogP contribution in [0.4, 0.5) is 5.13 Å². The quantitative estimate of drug-likeness (QED) is 0.364. The molecular weight excluding hydrogens is 456 g/mol. The van der Waals surface area contributed by atoms with Gasteiger partial charge in [-0.1, -0.05) is 36.4 Å². The van der Waals surface area contributed by atoms with Crippen molar-refractivity contribution in [3.63, 3.8) is 0 Å². The molecule has 4 rings (SSSR count). The fourth-order valence-corrected chi connectivity index (χ4v) is 3.84. The average molecular weight is 479 g/mol. The van der Waals surface area contributed by atoms with E-state index in [4.69, 9.17) is 9.47 Å². The van der Waals surface area contributed by atoms with Crippen molar-refractivity contribution in [3.05, 3.63) is 59.6 Å². The highest BCUT2D eigenvalue weighted by Gasteiger charge is 2.13. The van der Waals surface area contributed by atoms with Gasteiger partial charge in [-0.15, -0.1) is 21.5 Å². The Morgan fingerprint density at radius 2 is 1.71 bits per heavy atom. The first-order valence-electron chi connectivity index (χ1n) is 10.5.